The summed E-state index contributed by atoms with van der Waals surface area (Å²) >= 11 is 0. The van der Waals surface area contributed by atoms with Crippen LogP contribution in [0.1, 0.15) is 16.7 Å². The third-order valence-corrected chi connectivity index (χ3v) is 3.15. The fourth-order valence-corrected chi connectivity index (χ4v) is 1.95. The van der Waals surface area contributed by atoms with Gasteiger partial charge in [-0.3, -0.25) is 4.79 Å². The fraction of sp³-hybridized carbons (Fsp3) is 0.167. The molecule has 26 heavy (non-hydrogen) atoms. The molecule has 134 valence electrons. The molecule has 2 rings (SSSR count). The van der Waals surface area contributed by atoms with Crippen LogP contribution in [-0.4, -0.2) is 23.7 Å². The van der Waals surface area contributed by atoms with Gasteiger partial charge in [-0.1, -0.05) is 18.2 Å². The van der Waals surface area contributed by atoms with Crippen LogP contribution in [0.2, 0.25) is 0 Å². The molecule has 8 heteroatoms. The Hall–Kier alpha value is -3.34. The van der Waals surface area contributed by atoms with Crippen molar-refractivity contribution in [2.24, 2.45) is 0 Å². The van der Waals surface area contributed by atoms with Crippen LogP contribution in [0.3, 0.4) is 0 Å². The highest BCUT2D eigenvalue weighted by Gasteiger charge is 2.28. The van der Waals surface area contributed by atoms with E-state index in [2.05, 4.69) is 15.0 Å². The number of hydrogen-bond donors (Lipinski definition) is 1. The van der Waals surface area contributed by atoms with Crippen LogP contribution in [0.15, 0.2) is 48.7 Å². The summed E-state index contributed by atoms with van der Waals surface area (Å²) in [5, 5.41) is 11.6. The number of hydrogen-bond acceptors (Lipinski definition) is 4. The Morgan fingerprint density at radius 3 is 2.81 bits per heavy atom. The maximum atomic E-state index is 12.1. The van der Waals surface area contributed by atoms with Gasteiger partial charge in [0.05, 0.1) is 11.6 Å². The summed E-state index contributed by atoms with van der Waals surface area (Å²) < 4.78 is 41.0. The average molecular weight is 361 g/mol. The molecule has 0 aliphatic rings. The lowest BCUT2D eigenvalue weighted by Gasteiger charge is -2.09. The lowest BCUT2D eigenvalue weighted by molar-refractivity contribution is -0.154. The molecular weight excluding hydrogens is 347 g/mol. The molecule has 0 fully saturated rings. The van der Waals surface area contributed by atoms with E-state index < -0.39 is 18.7 Å². The summed E-state index contributed by atoms with van der Waals surface area (Å²) in [7, 11) is 0. The summed E-state index contributed by atoms with van der Waals surface area (Å²) in [6.07, 6.45) is -0.362. The molecule has 0 atom stereocenters. The lowest BCUT2D eigenvalue weighted by Crippen LogP contribution is -2.21. The predicted octanol–water partition coefficient (Wildman–Crippen LogP) is 3.22. The number of alkyl halides is 3. The number of amides is 1. The molecule has 0 saturated heterocycles. The van der Waals surface area contributed by atoms with Gasteiger partial charge in [-0.05, 0) is 29.3 Å². The summed E-state index contributed by atoms with van der Waals surface area (Å²) in [6, 6.07) is 11.7. The topological polar surface area (TPSA) is 75.0 Å². The molecule has 0 aliphatic heterocycles. The highest BCUT2D eigenvalue weighted by atomic mass is 19.4. The number of nitrogens with zero attached hydrogens (tertiary/aromatic N) is 2. The maximum Gasteiger partial charge on any atom is 0.422 e. The van der Waals surface area contributed by atoms with Crippen LogP contribution in [0.25, 0.3) is 6.08 Å². The molecule has 2 aromatic rings. The van der Waals surface area contributed by atoms with Crippen molar-refractivity contribution in [1.82, 2.24) is 10.3 Å². The highest BCUT2D eigenvalue weighted by Crippen LogP contribution is 2.17. The minimum atomic E-state index is -4.45. The molecule has 0 aliphatic carbocycles. The van der Waals surface area contributed by atoms with Gasteiger partial charge in [-0.2, -0.15) is 18.4 Å². The quantitative estimate of drug-likeness (QED) is 0.802. The molecule has 1 aromatic heterocycles. The summed E-state index contributed by atoms with van der Waals surface area (Å²) in [5.74, 6) is -0.583. The number of nitrogens with one attached hydrogen (secondary N) is 1. The number of aromatic nitrogens is 1. The van der Waals surface area contributed by atoms with E-state index in [0.29, 0.717) is 16.7 Å². The van der Waals surface area contributed by atoms with Gasteiger partial charge in [-0.25, -0.2) is 4.98 Å². The van der Waals surface area contributed by atoms with Crippen LogP contribution < -0.4 is 10.1 Å². The van der Waals surface area contributed by atoms with Gasteiger partial charge in [0, 0.05) is 24.9 Å². The summed E-state index contributed by atoms with van der Waals surface area (Å²) in [4.78, 5) is 15.5. The van der Waals surface area contributed by atoms with Crippen LogP contribution in [-0.2, 0) is 11.3 Å². The molecule has 1 N–H and O–H groups in total. The van der Waals surface area contributed by atoms with Crippen molar-refractivity contribution in [3.8, 4) is 11.9 Å². The smallest absolute Gasteiger partial charge is 0.422 e. The molecular formula is C18H14F3N3O2. The first-order valence-corrected chi connectivity index (χ1v) is 7.47. The van der Waals surface area contributed by atoms with Crippen LogP contribution in [0.4, 0.5) is 13.2 Å². The first-order valence-electron chi connectivity index (χ1n) is 7.47. The molecule has 0 saturated carbocycles. The molecule has 0 spiro atoms. The number of pyridine rings is 1. The third-order valence-electron chi connectivity index (χ3n) is 3.15. The van der Waals surface area contributed by atoms with E-state index in [-0.39, 0.29) is 12.4 Å². The molecule has 0 bridgehead atoms. The van der Waals surface area contributed by atoms with Gasteiger partial charge in [0.25, 0.3) is 0 Å². The van der Waals surface area contributed by atoms with Gasteiger partial charge in [0.15, 0.2) is 6.61 Å². The summed E-state index contributed by atoms with van der Waals surface area (Å²) in [5.41, 5.74) is 1.59. The zero-order chi connectivity index (χ0) is 19.0. The van der Waals surface area contributed by atoms with Crippen LogP contribution >= 0.6 is 0 Å². The van der Waals surface area contributed by atoms with Crippen molar-refractivity contribution in [2.75, 3.05) is 6.61 Å². The Balaban J connectivity index is 1.91. The number of ether oxygens (including phenoxy) is 1. The molecule has 0 radical (unpaired) electrons. The van der Waals surface area contributed by atoms with E-state index in [0.717, 1.165) is 0 Å². The third kappa shape index (κ3) is 6.28. The number of halogens is 3. The monoisotopic (exact) mass is 361 g/mol. The van der Waals surface area contributed by atoms with E-state index >= 15 is 0 Å². The normalized spacial score (nSPS) is 11.2. The van der Waals surface area contributed by atoms with E-state index in [4.69, 9.17) is 5.26 Å². The number of carbonyl (C=O) groups is 1. The molecule has 5 nitrogen and oxygen atoms in total. The Bertz CT molecular complexity index is 842. The van der Waals surface area contributed by atoms with E-state index in [1.807, 2.05) is 6.07 Å². The molecule has 1 aromatic carbocycles. The minimum Gasteiger partial charge on any atom is -0.468 e. The Kier molecular flexibility index (Phi) is 6.33. The van der Waals surface area contributed by atoms with Crippen molar-refractivity contribution < 1.29 is 22.7 Å². The van der Waals surface area contributed by atoms with Gasteiger partial charge in [-0.15, -0.1) is 0 Å². The number of rotatable bonds is 6. The zero-order valence-corrected chi connectivity index (χ0v) is 13.5. The summed E-state index contributed by atoms with van der Waals surface area (Å²) in [6.45, 7) is -1.34. The molecule has 1 amide bonds. The van der Waals surface area contributed by atoms with Crippen molar-refractivity contribution in [2.45, 2.75) is 12.7 Å². The average Bonchev–Trinajstić information content (AvgIpc) is 2.63. The zero-order valence-electron chi connectivity index (χ0n) is 13.5. The van der Waals surface area contributed by atoms with Crippen molar-refractivity contribution >= 4 is 12.0 Å². The highest BCUT2D eigenvalue weighted by molar-refractivity contribution is 5.92. The van der Waals surface area contributed by atoms with Crippen molar-refractivity contribution in [1.29, 1.82) is 5.26 Å². The van der Waals surface area contributed by atoms with Gasteiger partial charge >= 0.3 is 6.18 Å². The largest absolute Gasteiger partial charge is 0.468 e. The first-order chi connectivity index (χ1) is 12.4. The van der Waals surface area contributed by atoms with Gasteiger partial charge < -0.3 is 10.1 Å². The first kappa shape index (κ1) is 19.0. The second-order valence-electron chi connectivity index (χ2n) is 5.16. The van der Waals surface area contributed by atoms with Crippen molar-refractivity contribution in [3.63, 3.8) is 0 Å². The Labute approximate surface area is 147 Å². The van der Waals surface area contributed by atoms with Crippen molar-refractivity contribution in [3.05, 3.63) is 65.4 Å². The van der Waals surface area contributed by atoms with Crippen LogP contribution in [0.5, 0.6) is 5.88 Å². The predicted molar refractivity (Wildman–Crippen MR) is 87.8 cm³/mol. The van der Waals surface area contributed by atoms with Crippen LogP contribution in [0, 0.1) is 11.3 Å². The second-order valence-corrected chi connectivity index (χ2v) is 5.16. The van der Waals surface area contributed by atoms with E-state index in [1.165, 1.54) is 24.4 Å². The Morgan fingerprint density at radius 2 is 2.08 bits per heavy atom. The van der Waals surface area contributed by atoms with E-state index in [9.17, 15) is 18.0 Å². The second kappa shape index (κ2) is 8.67. The standard InChI is InChI=1S/C18H14F3N3O2/c19-18(20,21)12-26-17-9-13(7-8-23-17)11-24-16(25)6-5-14-3-1-2-4-15(14)10-22/h1-9H,11-12H2,(H,24,25). The van der Waals surface area contributed by atoms with Gasteiger partial charge in [0.1, 0.15) is 0 Å². The molecule has 1 heterocycles. The number of nitriles is 1. The SMILES string of the molecule is N#Cc1ccccc1C=CC(=O)NCc1ccnc(OCC(F)(F)F)c1. The number of carbonyl (C=O) groups excluding carboxylic acids is 1. The van der Waals surface area contributed by atoms with Gasteiger partial charge in [0.2, 0.25) is 11.8 Å². The number of benzene rings is 1. The molecule has 0 unspecified atom stereocenters. The Morgan fingerprint density at radius 1 is 1.31 bits per heavy atom. The lowest BCUT2D eigenvalue weighted by atomic mass is 10.1. The van der Waals surface area contributed by atoms with E-state index in [1.54, 1.807) is 30.3 Å². The minimum absolute atomic E-state index is 0.0912. The maximum absolute atomic E-state index is 12.1. The fourth-order valence-electron chi connectivity index (χ4n) is 1.95.